The first kappa shape index (κ1) is 12.3. The normalized spacial score (nSPS) is 14.0. The van der Waals surface area contributed by atoms with Gasteiger partial charge in [0.1, 0.15) is 0 Å². The number of rotatable bonds is 3. The molecule has 0 spiro atoms. The molecule has 0 amide bonds. The van der Waals surface area contributed by atoms with Gasteiger partial charge in [0.05, 0.1) is 13.8 Å². The Kier molecular flexibility index (Phi) is 3.27. The van der Waals surface area contributed by atoms with E-state index in [0.717, 1.165) is 22.4 Å². The SMILES string of the molecule is [2H]C([2H])([2H])c1ccc(-c2cc([Si](C)(C)C)ccn2)cc1-c1ccccc1. The fourth-order valence-corrected chi connectivity index (χ4v) is 3.76. The summed E-state index contributed by atoms with van der Waals surface area (Å²) < 4.78 is 23.6. The first-order valence-corrected chi connectivity index (χ1v) is 11.3. The zero-order valence-corrected chi connectivity index (χ0v) is 14.8. The van der Waals surface area contributed by atoms with Crippen LogP contribution in [0.15, 0.2) is 66.9 Å². The Bertz CT molecular complexity index is 913. The molecule has 1 aromatic heterocycles. The van der Waals surface area contributed by atoms with Gasteiger partial charge in [0.25, 0.3) is 0 Å². The first-order valence-electron chi connectivity index (χ1n) is 9.33. The third kappa shape index (κ3) is 3.43. The highest BCUT2D eigenvalue weighted by molar-refractivity contribution is 6.88. The molecule has 3 aromatic rings. The van der Waals surface area contributed by atoms with Crippen LogP contribution in [0.1, 0.15) is 9.68 Å². The standard InChI is InChI=1S/C21H23NSi/c1-16-10-11-18(14-20(16)17-8-6-5-7-9-17)21-15-19(12-13-22-21)23(2,3)4/h5-15H,1-4H3/i1D3. The van der Waals surface area contributed by atoms with Crippen LogP contribution >= 0.6 is 0 Å². The van der Waals surface area contributed by atoms with Crippen molar-refractivity contribution in [1.29, 1.82) is 0 Å². The van der Waals surface area contributed by atoms with Gasteiger partial charge in [0.2, 0.25) is 0 Å². The number of pyridine rings is 1. The molecule has 0 aliphatic heterocycles. The zero-order valence-electron chi connectivity index (χ0n) is 16.8. The Balaban J connectivity index is 2.17. The second kappa shape index (κ2) is 6.13. The number of aromatic nitrogens is 1. The summed E-state index contributed by atoms with van der Waals surface area (Å²) in [5.74, 6) is 0. The van der Waals surface area contributed by atoms with Crippen LogP contribution in [-0.4, -0.2) is 13.1 Å². The highest BCUT2D eigenvalue weighted by Crippen LogP contribution is 2.28. The van der Waals surface area contributed by atoms with E-state index in [0.29, 0.717) is 5.56 Å². The quantitative estimate of drug-likeness (QED) is 0.599. The van der Waals surface area contributed by atoms with E-state index in [1.807, 2.05) is 48.7 Å². The fourth-order valence-electron chi connectivity index (χ4n) is 2.62. The predicted molar refractivity (Wildman–Crippen MR) is 103 cm³/mol. The molecule has 0 saturated carbocycles. The molecule has 2 aromatic carbocycles. The van der Waals surface area contributed by atoms with E-state index in [1.54, 1.807) is 6.07 Å². The van der Waals surface area contributed by atoms with E-state index in [2.05, 4.69) is 36.8 Å². The second-order valence-electron chi connectivity index (χ2n) is 6.81. The van der Waals surface area contributed by atoms with Crippen LogP contribution in [0.2, 0.25) is 19.6 Å². The number of hydrogen-bond acceptors (Lipinski definition) is 1. The van der Waals surface area contributed by atoms with E-state index in [-0.39, 0.29) is 0 Å². The van der Waals surface area contributed by atoms with Gasteiger partial charge in [0.15, 0.2) is 0 Å². The van der Waals surface area contributed by atoms with E-state index in [1.165, 1.54) is 5.19 Å². The van der Waals surface area contributed by atoms with Crippen molar-refractivity contribution < 1.29 is 4.11 Å². The molecule has 0 unspecified atom stereocenters. The molecule has 23 heavy (non-hydrogen) atoms. The van der Waals surface area contributed by atoms with Crippen molar-refractivity contribution in [1.82, 2.24) is 4.98 Å². The van der Waals surface area contributed by atoms with Crippen LogP contribution in [0.3, 0.4) is 0 Å². The third-order valence-electron chi connectivity index (χ3n) is 4.03. The van der Waals surface area contributed by atoms with Gasteiger partial charge in [0, 0.05) is 15.9 Å². The van der Waals surface area contributed by atoms with Crippen molar-refractivity contribution in [3.8, 4) is 22.4 Å². The van der Waals surface area contributed by atoms with Gasteiger partial charge in [-0.15, -0.1) is 0 Å². The average Bonchev–Trinajstić information content (AvgIpc) is 2.60. The lowest BCUT2D eigenvalue weighted by atomic mass is 9.97. The average molecular weight is 321 g/mol. The van der Waals surface area contributed by atoms with Crippen molar-refractivity contribution >= 4 is 13.3 Å². The first-order chi connectivity index (χ1) is 12.2. The van der Waals surface area contributed by atoms with Gasteiger partial charge < -0.3 is 0 Å². The van der Waals surface area contributed by atoms with Crippen LogP contribution in [0.25, 0.3) is 22.4 Å². The molecule has 1 nitrogen and oxygen atoms in total. The number of nitrogens with zero attached hydrogens (tertiary/aromatic N) is 1. The van der Waals surface area contributed by atoms with Gasteiger partial charge >= 0.3 is 0 Å². The van der Waals surface area contributed by atoms with Crippen LogP contribution in [0.4, 0.5) is 0 Å². The summed E-state index contributed by atoms with van der Waals surface area (Å²) in [5, 5.41) is 1.34. The van der Waals surface area contributed by atoms with Gasteiger partial charge in [-0.05, 0) is 41.7 Å². The topological polar surface area (TPSA) is 12.9 Å². The molecule has 0 aliphatic carbocycles. The largest absolute Gasteiger partial charge is 0.256 e. The molecule has 1 heterocycles. The van der Waals surface area contributed by atoms with Crippen molar-refractivity contribution in [2.45, 2.75) is 26.5 Å². The number of benzene rings is 2. The van der Waals surface area contributed by atoms with Gasteiger partial charge in [-0.3, -0.25) is 4.98 Å². The lowest BCUT2D eigenvalue weighted by Crippen LogP contribution is -2.37. The highest BCUT2D eigenvalue weighted by Gasteiger charge is 2.17. The minimum absolute atomic E-state index is 0.369. The Morgan fingerprint density at radius 2 is 1.65 bits per heavy atom. The summed E-state index contributed by atoms with van der Waals surface area (Å²) in [4.78, 5) is 4.53. The van der Waals surface area contributed by atoms with Crippen LogP contribution < -0.4 is 5.19 Å². The predicted octanol–water partition coefficient (Wildman–Crippen LogP) is 5.27. The van der Waals surface area contributed by atoms with Crippen LogP contribution in [-0.2, 0) is 0 Å². The summed E-state index contributed by atoms with van der Waals surface area (Å²) in [6.45, 7) is 4.76. The molecule has 0 radical (unpaired) electrons. The lowest BCUT2D eigenvalue weighted by Gasteiger charge is -2.17. The van der Waals surface area contributed by atoms with Crippen molar-refractivity contribution in [3.63, 3.8) is 0 Å². The summed E-state index contributed by atoms with van der Waals surface area (Å²) >= 11 is 0. The Morgan fingerprint density at radius 3 is 2.35 bits per heavy atom. The molecule has 2 heteroatoms. The van der Waals surface area contributed by atoms with Crippen LogP contribution in [0, 0.1) is 6.85 Å². The number of aryl methyl sites for hydroxylation is 1. The minimum atomic E-state index is -2.16. The smallest absolute Gasteiger partial charge is 0.0777 e. The molecular formula is C21H23NSi. The van der Waals surface area contributed by atoms with Crippen molar-refractivity contribution in [2.75, 3.05) is 0 Å². The summed E-state index contributed by atoms with van der Waals surface area (Å²) in [6.07, 6.45) is 1.85. The Morgan fingerprint density at radius 1 is 0.870 bits per heavy atom. The number of hydrogen-bond donors (Lipinski definition) is 0. The molecule has 0 saturated heterocycles. The Labute approximate surface area is 144 Å². The molecule has 3 rings (SSSR count). The Hall–Kier alpha value is -2.19. The molecule has 0 aliphatic rings. The molecular weight excluding hydrogens is 294 g/mol. The van der Waals surface area contributed by atoms with E-state index >= 15 is 0 Å². The lowest BCUT2D eigenvalue weighted by molar-refractivity contribution is 1.33. The molecule has 0 N–H and O–H groups in total. The highest BCUT2D eigenvalue weighted by atomic mass is 28.3. The third-order valence-corrected chi connectivity index (χ3v) is 6.07. The second-order valence-corrected chi connectivity index (χ2v) is 11.9. The summed E-state index contributed by atoms with van der Waals surface area (Å²) in [7, 11) is -1.45. The molecule has 0 bridgehead atoms. The fraction of sp³-hybridized carbons (Fsp3) is 0.190. The van der Waals surface area contributed by atoms with Crippen molar-refractivity contribution in [3.05, 3.63) is 72.4 Å². The molecule has 0 atom stereocenters. The molecule has 116 valence electrons. The van der Waals surface area contributed by atoms with Crippen LogP contribution in [0.5, 0.6) is 0 Å². The maximum atomic E-state index is 7.88. The van der Waals surface area contributed by atoms with Gasteiger partial charge in [-0.2, -0.15) is 0 Å². The molecule has 0 fully saturated rings. The van der Waals surface area contributed by atoms with Crippen molar-refractivity contribution in [2.24, 2.45) is 0 Å². The minimum Gasteiger partial charge on any atom is -0.256 e. The van der Waals surface area contributed by atoms with E-state index in [4.69, 9.17) is 4.11 Å². The van der Waals surface area contributed by atoms with Gasteiger partial charge in [-0.25, -0.2) is 0 Å². The summed E-state index contributed by atoms with van der Waals surface area (Å²) in [5.41, 5.74) is 3.84. The van der Waals surface area contributed by atoms with Gasteiger partial charge in [-0.1, -0.05) is 67.3 Å². The zero-order chi connectivity index (χ0) is 18.9. The van der Waals surface area contributed by atoms with E-state index in [9.17, 15) is 0 Å². The maximum absolute atomic E-state index is 7.88. The maximum Gasteiger partial charge on any atom is 0.0777 e. The monoisotopic (exact) mass is 320 g/mol. The van der Waals surface area contributed by atoms with E-state index < -0.39 is 14.9 Å². The summed E-state index contributed by atoms with van der Waals surface area (Å²) in [6, 6.07) is 19.4.